The van der Waals surface area contributed by atoms with Crippen molar-refractivity contribution in [3.8, 4) is 0 Å². The topological polar surface area (TPSA) is 105 Å². The van der Waals surface area contributed by atoms with Crippen LogP contribution in [-0.2, 0) is 15.1 Å². The molecule has 3 rings (SSSR count). The first-order chi connectivity index (χ1) is 12.3. The smallest absolute Gasteiger partial charge is 0.325 e. The Hall–Kier alpha value is -3.23. The van der Waals surface area contributed by atoms with Crippen molar-refractivity contribution in [2.45, 2.75) is 25.8 Å². The molecule has 0 aliphatic carbocycles. The van der Waals surface area contributed by atoms with E-state index in [0.717, 1.165) is 4.90 Å². The minimum absolute atomic E-state index is 0.0927. The van der Waals surface area contributed by atoms with Gasteiger partial charge in [-0.05, 0) is 31.5 Å². The van der Waals surface area contributed by atoms with Gasteiger partial charge in [-0.3, -0.25) is 14.5 Å². The molecule has 0 radical (unpaired) electrons. The molecule has 1 unspecified atom stereocenters. The lowest BCUT2D eigenvalue weighted by molar-refractivity contribution is -0.131. The van der Waals surface area contributed by atoms with Gasteiger partial charge in [-0.2, -0.15) is 0 Å². The highest BCUT2D eigenvalue weighted by Crippen LogP contribution is 2.29. The van der Waals surface area contributed by atoms with Crippen LogP contribution in [0.2, 0.25) is 0 Å². The molecule has 26 heavy (non-hydrogen) atoms. The molecule has 0 bridgehead atoms. The predicted molar refractivity (Wildman–Crippen MR) is 88.5 cm³/mol. The highest BCUT2D eigenvalue weighted by molar-refractivity contribution is 6.07. The van der Waals surface area contributed by atoms with Crippen LogP contribution in [0.5, 0.6) is 0 Å². The van der Waals surface area contributed by atoms with Gasteiger partial charge in [-0.1, -0.05) is 17.3 Å². The predicted octanol–water partition coefficient (Wildman–Crippen LogP) is 1.92. The summed E-state index contributed by atoms with van der Waals surface area (Å²) in [6.07, 6.45) is -0.0927. The molecule has 2 N–H and O–H groups in total. The standard InChI is InChI=1S/C17H17FN4O4/c1-10-9-13(21-26-10)19-14(23)7-8-22-15(24)17(2,20-16(22)25)11-3-5-12(18)6-4-11/h3-6,9H,7-8H2,1-2H3,(H,20,25)(H,19,21,23). The number of benzene rings is 1. The van der Waals surface area contributed by atoms with Gasteiger partial charge in [0.15, 0.2) is 5.82 Å². The van der Waals surface area contributed by atoms with Gasteiger partial charge >= 0.3 is 6.03 Å². The van der Waals surface area contributed by atoms with Crippen molar-refractivity contribution < 1.29 is 23.3 Å². The highest BCUT2D eigenvalue weighted by atomic mass is 19.1. The Labute approximate surface area is 148 Å². The van der Waals surface area contributed by atoms with Gasteiger partial charge in [0.25, 0.3) is 5.91 Å². The van der Waals surface area contributed by atoms with E-state index in [1.807, 2.05) is 0 Å². The van der Waals surface area contributed by atoms with E-state index in [2.05, 4.69) is 15.8 Å². The highest BCUT2D eigenvalue weighted by Gasteiger charge is 2.48. The molecule has 1 fully saturated rings. The number of carbonyl (C=O) groups is 3. The van der Waals surface area contributed by atoms with E-state index in [0.29, 0.717) is 11.3 Å². The van der Waals surface area contributed by atoms with Gasteiger partial charge < -0.3 is 15.2 Å². The number of aryl methyl sites for hydroxylation is 1. The van der Waals surface area contributed by atoms with Gasteiger partial charge in [0, 0.05) is 19.0 Å². The zero-order valence-electron chi connectivity index (χ0n) is 14.2. The first-order valence-corrected chi connectivity index (χ1v) is 7.93. The third-order valence-corrected chi connectivity index (χ3v) is 4.15. The number of aromatic nitrogens is 1. The summed E-state index contributed by atoms with van der Waals surface area (Å²) in [6.45, 7) is 3.13. The lowest BCUT2D eigenvalue weighted by Crippen LogP contribution is -2.41. The van der Waals surface area contributed by atoms with E-state index < -0.39 is 29.2 Å². The van der Waals surface area contributed by atoms with Crippen LogP contribution in [0.4, 0.5) is 15.0 Å². The Morgan fingerprint density at radius 3 is 2.65 bits per heavy atom. The maximum Gasteiger partial charge on any atom is 0.325 e. The van der Waals surface area contributed by atoms with Crippen LogP contribution in [0.3, 0.4) is 0 Å². The fourth-order valence-corrected chi connectivity index (χ4v) is 2.72. The SMILES string of the molecule is Cc1cc(NC(=O)CCN2C(=O)NC(C)(c3ccc(F)cc3)C2=O)no1. The third kappa shape index (κ3) is 3.28. The normalized spacial score (nSPS) is 19.6. The van der Waals surface area contributed by atoms with Crippen molar-refractivity contribution in [2.24, 2.45) is 0 Å². The molecule has 2 heterocycles. The molecule has 4 amide bonds. The molecule has 1 aliphatic rings. The van der Waals surface area contributed by atoms with Crippen LogP contribution in [-0.4, -0.2) is 34.4 Å². The van der Waals surface area contributed by atoms with E-state index in [-0.39, 0.29) is 18.8 Å². The molecule has 8 nitrogen and oxygen atoms in total. The van der Waals surface area contributed by atoms with Crippen LogP contribution in [0.1, 0.15) is 24.7 Å². The monoisotopic (exact) mass is 360 g/mol. The van der Waals surface area contributed by atoms with Crippen LogP contribution >= 0.6 is 0 Å². The molecule has 136 valence electrons. The summed E-state index contributed by atoms with van der Waals surface area (Å²) >= 11 is 0. The number of nitrogens with zero attached hydrogens (tertiary/aromatic N) is 2. The maximum absolute atomic E-state index is 13.1. The van der Waals surface area contributed by atoms with E-state index in [9.17, 15) is 18.8 Å². The summed E-state index contributed by atoms with van der Waals surface area (Å²) in [7, 11) is 0. The average Bonchev–Trinajstić information content (AvgIpc) is 3.08. The third-order valence-electron chi connectivity index (χ3n) is 4.15. The molecule has 1 aromatic carbocycles. The van der Waals surface area contributed by atoms with Gasteiger partial charge in [0.2, 0.25) is 5.91 Å². The van der Waals surface area contributed by atoms with Crippen molar-refractivity contribution in [2.75, 3.05) is 11.9 Å². The van der Waals surface area contributed by atoms with Crippen molar-refractivity contribution in [3.05, 3.63) is 47.5 Å². The number of halogens is 1. The summed E-state index contributed by atoms with van der Waals surface area (Å²) in [5.41, 5.74) is -0.841. The quantitative estimate of drug-likeness (QED) is 0.793. The average molecular weight is 360 g/mol. The number of hydrogen-bond donors (Lipinski definition) is 2. The lowest BCUT2D eigenvalue weighted by Gasteiger charge is -2.22. The molecular weight excluding hydrogens is 343 g/mol. The summed E-state index contributed by atoms with van der Waals surface area (Å²) in [4.78, 5) is 37.8. The second-order valence-corrected chi connectivity index (χ2v) is 6.14. The Balaban J connectivity index is 1.65. The second-order valence-electron chi connectivity index (χ2n) is 6.14. The van der Waals surface area contributed by atoms with E-state index >= 15 is 0 Å². The number of nitrogens with one attached hydrogen (secondary N) is 2. The molecule has 1 aliphatic heterocycles. The van der Waals surface area contributed by atoms with E-state index in [4.69, 9.17) is 4.52 Å². The Morgan fingerprint density at radius 1 is 1.35 bits per heavy atom. The summed E-state index contributed by atoms with van der Waals surface area (Å²) in [5.74, 6) is -0.537. The molecule has 0 saturated carbocycles. The number of amides is 4. The minimum Gasteiger partial charge on any atom is -0.360 e. The molecule has 1 atom stereocenters. The Bertz CT molecular complexity index is 864. The van der Waals surface area contributed by atoms with Crippen molar-refractivity contribution in [1.82, 2.24) is 15.4 Å². The summed E-state index contributed by atoms with van der Waals surface area (Å²) in [6, 6.07) is 6.27. The number of carbonyl (C=O) groups excluding carboxylic acids is 3. The van der Waals surface area contributed by atoms with Gasteiger partial charge in [-0.15, -0.1) is 0 Å². The molecule has 1 saturated heterocycles. The van der Waals surface area contributed by atoms with Crippen molar-refractivity contribution in [3.63, 3.8) is 0 Å². The second kappa shape index (κ2) is 6.58. The fourth-order valence-electron chi connectivity index (χ4n) is 2.72. The maximum atomic E-state index is 13.1. The van der Waals surface area contributed by atoms with Crippen LogP contribution in [0.15, 0.2) is 34.9 Å². The number of hydrogen-bond acceptors (Lipinski definition) is 5. The van der Waals surface area contributed by atoms with Gasteiger partial charge in [0.1, 0.15) is 17.1 Å². The minimum atomic E-state index is -1.30. The zero-order chi connectivity index (χ0) is 18.9. The number of imide groups is 1. The number of urea groups is 1. The molecule has 0 spiro atoms. The lowest BCUT2D eigenvalue weighted by atomic mass is 9.92. The zero-order valence-corrected chi connectivity index (χ0v) is 14.2. The van der Waals surface area contributed by atoms with Crippen LogP contribution in [0, 0.1) is 12.7 Å². The molecule has 9 heteroatoms. The summed E-state index contributed by atoms with van der Waals surface area (Å²) < 4.78 is 17.9. The van der Waals surface area contributed by atoms with Crippen LogP contribution < -0.4 is 10.6 Å². The molecule has 1 aromatic heterocycles. The number of anilines is 1. The van der Waals surface area contributed by atoms with Gasteiger partial charge in [-0.25, -0.2) is 9.18 Å². The Kier molecular flexibility index (Phi) is 4.45. The van der Waals surface area contributed by atoms with Crippen molar-refractivity contribution in [1.29, 1.82) is 0 Å². The van der Waals surface area contributed by atoms with Crippen molar-refractivity contribution >= 4 is 23.7 Å². The first-order valence-electron chi connectivity index (χ1n) is 7.93. The fraction of sp³-hybridized carbons (Fsp3) is 0.294. The van der Waals surface area contributed by atoms with E-state index in [1.165, 1.54) is 24.3 Å². The molecule has 2 aromatic rings. The number of rotatable bonds is 5. The molecular formula is C17H17FN4O4. The van der Waals surface area contributed by atoms with Gasteiger partial charge in [0.05, 0.1) is 0 Å². The first kappa shape index (κ1) is 17.6. The summed E-state index contributed by atoms with van der Waals surface area (Å²) in [5, 5.41) is 8.76. The largest absolute Gasteiger partial charge is 0.360 e. The Morgan fingerprint density at radius 2 is 2.04 bits per heavy atom. The van der Waals surface area contributed by atoms with E-state index in [1.54, 1.807) is 19.9 Å². The van der Waals surface area contributed by atoms with Crippen LogP contribution in [0.25, 0.3) is 0 Å².